The molecule has 2 heteroatoms. The van der Waals surface area contributed by atoms with Gasteiger partial charge in [0.05, 0.1) is 6.26 Å². The fraction of sp³-hybridized carbons (Fsp3) is 0.714. The average Bonchev–Trinajstić information content (AvgIpc) is 1.85. The van der Waals surface area contributed by atoms with Gasteiger partial charge in [0.2, 0.25) is 0 Å². The van der Waals surface area contributed by atoms with Gasteiger partial charge in [-0.05, 0) is 12.8 Å². The Morgan fingerprint density at radius 1 is 1.78 bits per heavy atom. The molecule has 0 amide bonds. The maximum absolute atomic E-state index is 5.48. The highest BCUT2D eigenvalue weighted by Gasteiger charge is 1.96. The second kappa shape index (κ2) is 5.63. The first-order valence-corrected chi connectivity index (χ1v) is 3.33. The fourth-order valence-electron chi connectivity index (χ4n) is 0.597. The van der Waals surface area contributed by atoms with Crippen LogP contribution in [-0.4, -0.2) is 6.23 Å². The van der Waals surface area contributed by atoms with Crippen molar-refractivity contribution >= 4 is 0 Å². The van der Waals surface area contributed by atoms with Crippen molar-refractivity contribution in [1.29, 1.82) is 0 Å². The number of hydrogen-bond acceptors (Lipinski definition) is 2. The Balaban J connectivity index is 3.04. The minimum absolute atomic E-state index is 0.151. The van der Waals surface area contributed by atoms with E-state index in [0.29, 0.717) is 0 Å². The Hall–Kier alpha value is -0.500. The lowest BCUT2D eigenvalue weighted by Crippen LogP contribution is -2.20. The predicted molar refractivity (Wildman–Crippen MR) is 38.8 cm³/mol. The molecule has 0 spiro atoms. The Morgan fingerprint density at radius 3 is 2.89 bits per heavy atom. The quantitative estimate of drug-likeness (QED) is 0.452. The molecule has 54 valence electrons. The normalized spacial score (nSPS) is 12.7. The maximum Gasteiger partial charge on any atom is 0.146 e. The van der Waals surface area contributed by atoms with Crippen molar-refractivity contribution in [2.24, 2.45) is 5.73 Å². The van der Waals surface area contributed by atoms with Crippen LogP contribution >= 0.6 is 0 Å². The molecule has 0 heterocycles. The molecule has 0 aliphatic carbocycles. The molecular formula is C7H15NO. The van der Waals surface area contributed by atoms with Gasteiger partial charge in [-0.15, -0.1) is 0 Å². The first kappa shape index (κ1) is 8.50. The first-order valence-electron chi connectivity index (χ1n) is 3.33. The zero-order valence-corrected chi connectivity index (χ0v) is 5.97. The molecule has 0 saturated heterocycles. The van der Waals surface area contributed by atoms with Crippen LogP contribution < -0.4 is 5.73 Å². The zero-order valence-electron chi connectivity index (χ0n) is 5.97. The molecule has 0 bridgehead atoms. The molecule has 0 aromatic heterocycles. The van der Waals surface area contributed by atoms with E-state index < -0.39 is 0 Å². The largest absolute Gasteiger partial charge is 0.484 e. The van der Waals surface area contributed by atoms with Crippen molar-refractivity contribution in [3.05, 3.63) is 12.8 Å². The smallest absolute Gasteiger partial charge is 0.146 e. The summed E-state index contributed by atoms with van der Waals surface area (Å²) in [5.74, 6) is 0. The third kappa shape index (κ3) is 5.37. The second-order valence-electron chi connectivity index (χ2n) is 1.98. The van der Waals surface area contributed by atoms with Crippen molar-refractivity contribution in [1.82, 2.24) is 0 Å². The minimum atomic E-state index is -0.151. The monoisotopic (exact) mass is 129 g/mol. The highest BCUT2D eigenvalue weighted by molar-refractivity contribution is 4.55. The Morgan fingerprint density at radius 2 is 2.44 bits per heavy atom. The van der Waals surface area contributed by atoms with E-state index in [0.717, 1.165) is 19.3 Å². The van der Waals surface area contributed by atoms with Crippen LogP contribution in [0.3, 0.4) is 0 Å². The van der Waals surface area contributed by atoms with Crippen LogP contribution in [0.25, 0.3) is 0 Å². The summed E-state index contributed by atoms with van der Waals surface area (Å²) in [4.78, 5) is 0. The number of ether oxygens (including phenoxy) is 1. The lowest BCUT2D eigenvalue weighted by Gasteiger charge is -2.08. The third-order valence-electron chi connectivity index (χ3n) is 1.11. The second-order valence-corrected chi connectivity index (χ2v) is 1.98. The van der Waals surface area contributed by atoms with Gasteiger partial charge in [-0.3, -0.25) is 5.73 Å². The average molecular weight is 129 g/mol. The Labute approximate surface area is 56.7 Å². The summed E-state index contributed by atoms with van der Waals surface area (Å²) in [6, 6.07) is 0. The lowest BCUT2D eigenvalue weighted by atomic mass is 10.2. The molecule has 2 nitrogen and oxygen atoms in total. The Kier molecular flexibility index (Phi) is 5.32. The van der Waals surface area contributed by atoms with Gasteiger partial charge in [0.15, 0.2) is 0 Å². The van der Waals surface area contributed by atoms with Crippen molar-refractivity contribution in [3.8, 4) is 0 Å². The zero-order chi connectivity index (χ0) is 7.11. The van der Waals surface area contributed by atoms with E-state index in [9.17, 15) is 0 Å². The molecule has 0 radical (unpaired) electrons. The third-order valence-corrected chi connectivity index (χ3v) is 1.11. The van der Waals surface area contributed by atoms with E-state index in [2.05, 4.69) is 13.5 Å². The van der Waals surface area contributed by atoms with Crippen LogP contribution in [0.4, 0.5) is 0 Å². The highest BCUT2D eigenvalue weighted by atomic mass is 16.5. The first-order chi connectivity index (χ1) is 4.31. The standard InChI is InChI=1S/C7H15NO/c1-3-5-6-7(8)9-4-2/h4,7H,2-3,5-6,8H2,1H3. The fourth-order valence-corrected chi connectivity index (χ4v) is 0.597. The number of unbranched alkanes of at least 4 members (excludes halogenated alkanes) is 1. The molecule has 0 aliphatic heterocycles. The van der Waals surface area contributed by atoms with Gasteiger partial charge in [0.25, 0.3) is 0 Å². The molecule has 9 heavy (non-hydrogen) atoms. The van der Waals surface area contributed by atoms with E-state index in [1.807, 2.05) is 0 Å². The topological polar surface area (TPSA) is 35.2 Å². The molecule has 0 fully saturated rings. The SMILES string of the molecule is C=COC(N)CCCC. The summed E-state index contributed by atoms with van der Waals surface area (Å²) in [5, 5.41) is 0. The Bertz CT molecular complexity index is 73.3. The van der Waals surface area contributed by atoms with E-state index in [1.165, 1.54) is 6.26 Å². The van der Waals surface area contributed by atoms with Crippen LogP contribution in [0.5, 0.6) is 0 Å². The van der Waals surface area contributed by atoms with Crippen LogP contribution in [-0.2, 0) is 4.74 Å². The van der Waals surface area contributed by atoms with Crippen LogP contribution in [0.15, 0.2) is 12.8 Å². The summed E-state index contributed by atoms with van der Waals surface area (Å²) in [6.07, 6.45) is 4.44. The molecule has 0 aliphatic rings. The summed E-state index contributed by atoms with van der Waals surface area (Å²) < 4.78 is 4.89. The van der Waals surface area contributed by atoms with E-state index in [4.69, 9.17) is 10.5 Å². The van der Waals surface area contributed by atoms with E-state index in [1.54, 1.807) is 0 Å². The predicted octanol–water partition coefficient (Wildman–Crippen LogP) is 1.62. The van der Waals surface area contributed by atoms with Crippen LogP contribution in [0.1, 0.15) is 26.2 Å². The number of rotatable bonds is 5. The van der Waals surface area contributed by atoms with Gasteiger partial charge >= 0.3 is 0 Å². The molecule has 0 rings (SSSR count). The number of hydrogen-bond donors (Lipinski definition) is 1. The van der Waals surface area contributed by atoms with Crippen molar-refractivity contribution in [2.75, 3.05) is 0 Å². The van der Waals surface area contributed by atoms with E-state index in [-0.39, 0.29) is 6.23 Å². The lowest BCUT2D eigenvalue weighted by molar-refractivity contribution is 0.140. The van der Waals surface area contributed by atoms with Gasteiger partial charge in [0.1, 0.15) is 6.23 Å². The molecule has 1 unspecified atom stereocenters. The van der Waals surface area contributed by atoms with Gasteiger partial charge in [-0.25, -0.2) is 0 Å². The van der Waals surface area contributed by atoms with Crippen molar-refractivity contribution in [3.63, 3.8) is 0 Å². The summed E-state index contributed by atoms with van der Waals surface area (Å²) in [5.41, 5.74) is 5.48. The summed E-state index contributed by atoms with van der Waals surface area (Å²) in [6.45, 7) is 5.53. The highest BCUT2D eigenvalue weighted by Crippen LogP contribution is 1.98. The van der Waals surface area contributed by atoms with Crippen LogP contribution in [0, 0.1) is 0 Å². The molecule has 0 saturated carbocycles. The van der Waals surface area contributed by atoms with Crippen LogP contribution in [0.2, 0.25) is 0 Å². The summed E-state index contributed by atoms with van der Waals surface area (Å²) >= 11 is 0. The van der Waals surface area contributed by atoms with Gasteiger partial charge in [-0.2, -0.15) is 0 Å². The molecule has 0 aromatic rings. The molecule has 1 atom stereocenters. The van der Waals surface area contributed by atoms with Gasteiger partial charge in [-0.1, -0.05) is 19.9 Å². The van der Waals surface area contributed by atoms with Crippen molar-refractivity contribution in [2.45, 2.75) is 32.4 Å². The minimum Gasteiger partial charge on any atom is -0.484 e. The number of nitrogens with two attached hydrogens (primary N) is 1. The van der Waals surface area contributed by atoms with E-state index >= 15 is 0 Å². The molecule has 0 aromatic carbocycles. The van der Waals surface area contributed by atoms with Gasteiger partial charge < -0.3 is 4.74 Å². The van der Waals surface area contributed by atoms with Gasteiger partial charge in [0, 0.05) is 0 Å². The summed E-state index contributed by atoms with van der Waals surface area (Å²) in [7, 11) is 0. The maximum atomic E-state index is 5.48. The van der Waals surface area contributed by atoms with Crippen molar-refractivity contribution < 1.29 is 4.74 Å². The molecule has 2 N–H and O–H groups in total. The molecular weight excluding hydrogens is 114 g/mol.